The van der Waals surface area contributed by atoms with Gasteiger partial charge in [0.15, 0.2) is 12.4 Å². The molecule has 0 N–H and O–H groups in total. The van der Waals surface area contributed by atoms with E-state index in [0.717, 1.165) is 0 Å². The molecule has 1 aromatic rings. The van der Waals surface area contributed by atoms with Crippen molar-refractivity contribution in [3.63, 3.8) is 0 Å². The predicted octanol–water partition coefficient (Wildman–Crippen LogP) is 0.242. The summed E-state index contributed by atoms with van der Waals surface area (Å²) in [5, 5.41) is 3.57. The van der Waals surface area contributed by atoms with E-state index in [2.05, 4.69) is 15.0 Å². The van der Waals surface area contributed by atoms with E-state index in [9.17, 15) is 4.79 Å². The highest BCUT2D eigenvalue weighted by Crippen LogP contribution is 2.42. The fourth-order valence-corrected chi connectivity index (χ4v) is 2.92. The SMILES string of the molecule is COC(OC)[C@@H]1O[C@@H](CN=[N+]=[N-])[C@H]2[C@@H]1Oc1nc(=O)ccn12. The van der Waals surface area contributed by atoms with Crippen molar-refractivity contribution in [2.75, 3.05) is 20.8 Å². The fourth-order valence-electron chi connectivity index (χ4n) is 2.92. The van der Waals surface area contributed by atoms with Crippen molar-refractivity contribution < 1.29 is 18.9 Å². The molecule has 22 heavy (non-hydrogen) atoms. The van der Waals surface area contributed by atoms with Crippen LogP contribution in [-0.4, -0.2) is 54.9 Å². The van der Waals surface area contributed by atoms with Crippen molar-refractivity contribution in [1.82, 2.24) is 9.55 Å². The van der Waals surface area contributed by atoms with Gasteiger partial charge in [-0.05, 0) is 5.53 Å². The zero-order valence-electron chi connectivity index (χ0n) is 12.0. The summed E-state index contributed by atoms with van der Waals surface area (Å²) in [5.41, 5.74) is 8.14. The van der Waals surface area contributed by atoms with Crippen molar-refractivity contribution in [2.24, 2.45) is 5.11 Å². The first-order chi connectivity index (χ1) is 10.7. The Kier molecular flexibility index (Phi) is 3.99. The highest BCUT2D eigenvalue weighted by Gasteiger charge is 2.54. The molecule has 0 saturated carbocycles. The predicted molar refractivity (Wildman–Crippen MR) is 72.4 cm³/mol. The van der Waals surface area contributed by atoms with Gasteiger partial charge in [-0.1, -0.05) is 5.11 Å². The zero-order chi connectivity index (χ0) is 15.7. The van der Waals surface area contributed by atoms with Gasteiger partial charge >= 0.3 is 6.01 Å². The number of ether oxygens (including phenoxy) is 4. The number of fused-ring (bicyclic) bond motifs is 3. The molecule has 0 unspecified atom stereocenters. The molecule has 0 amide bonds. The smallest absolute Gasteiger partial charge is 0.300 e. The topological polar surface area (TPSA) is 121 Å². The Morgan fingerprint density at radius 3 is 3.00 bits per heavy atom. The number of aromatic nitrogens is 2. The molecule has 1 fully saturated rings. The zero-order valence-corrected chi connectivity index (χ0v) is 12.0. The van der Waals surface area contributed by atoms with Crippen LogP contribution in [0.1, 0.15) is 6.04 Å². The number of hydrogen-bond donors (Lipinski definition) is 0. The van der Waals surface area contributed by atoms with E-state index in [1.54, 1.807) is 10.8 Å². The van der Waals surface area contributed by atoms with Gasteiger partial charge in [0.1, 0.15) is 12.1 Å². The summed E-state index contributed by atoms with van der Waals surface area (Å²) in [7, 11) is 2.99. The van der Waals surface area contributed by atoms with E-state index in [4.69, 9.17) is 24.5 Å². The van der Waals surface area contributed by atoms with Crippen LogP contribution in [0.5, 0.6) is 6.01 Å². The molecule has 0 radical (unpaired) electrons. The Labute approximate surface area is 125 Å². The standard InChI is InChI=1S/C12H15N5O5/c1-19-11(20-2)10-9-8(6(21-10)5-14-16-13)17-4-3-7(18)15-12(17)22-9/h3-4,6,8-11H,5H2,1-2H3/t6-,8-,9-,10+/m0/s1. The molecule has 0 aliphatic carbocycles. The summed E-state index contributed by atoms with van der Waals surface area (Å²) in [4.78, 5) is 18.0. The van der Waals surface area contributed by atoms with Crippen molar-refractivity contribution >= 4 is 0 Å². The maximum absolute atomic E-state index is 11.4. The quantitative estimate of drug-likeness (QED) is 0.332. The van der Waals surface area contributed by atoms with Crippen LogP contribution in [0.4, 0.5) is 0 Å². The highest BCUT2D eigenvalue weighted by atomic mass is 16.7. The average Bonchev–Trinajstić information content (AvgIpc) is 3.04. The van der Waals surface area contributed by atoms with Gasteiger partial charge in [0.25, 0.3) is 5.56 Å². The molecule has 1 saturated heterocycles. The highest BCUT2D eigenvalue weighted by molar-refractivity contribution is 5.14. The minimum absolute atomic E-state index is 0.128. The molecule has 4 atom stereocenters. The largest absolute Gasteiger partial charge is 0.456 e. The lowest BCUT2D eigenvalue weighted by Gasteiger charge is -2.23. The van der Waals surface area contributed by atoms with Gasteiger partial charge < -0.3 is 18.9 Å². The second-order valence-corrected chi connectivity index (χ2v) is 4.92. The molecule has 0 spiro atoms. The Morgan fingerprint density at radius 2 is 2.32 bits per heavy atom. The second kappa shape index (κ2) is 5.93. The fraction of sp³-hybridized carbons (Fsp3) is 0.667. The summed E-state index contributed by atoms with van der Waals surface area (Å²) in [6.07, 6.45) is -0.457. The van der Waals surface area contributed by atoms with Crippen LogP contribution >= 0.6 is 0 Å². The van der Waals surface area contributed by atoms with Crippen molar-refractivity contribution in [3.8, 4) is 6.01 Å². The second-order valence-electron chi connectivity index (χ2n) is 4.92. The summed E-state index contributed by atoms with van der Waals surface area (Å²) in [6, 6.07) is 1.29. The molecule has 10 nitrogen and oxygen atoms in total. The average molecular weight is 309 g/mol. The van der Waals surface area contributed by atoms with E-state index in [0.29, 0.717) is 0 Å². The van der Waals surface area contributed by atoms with E-state index in [-0.39, 0.29) is 24.2 Å². The maximum Gasteiger partial charge on any atom is 0.300 e. The Morgan fingerprint density at radius 1 is 1.55 bits per heavy atom. The van der Waals surface area contributed by atoms with Gasteiger partial charge in [0.05, 0.1) is 12.6 Å². The number of rotatable bonds is 5. The van der Waals surface area contributed by atoms with E-state index in [1.165, 1.54) is 20.3 Å². The van der Waals surface area contributed by atoms with Crippen molar-refractivity contribution in [1.29, 1.82) is 0 Å². The molecule has 2 aliphatic rings. The van der Waals surface area contributed by atoms with E-state index < -0.39 is 24.6 Å². The summed E-state index contributed by atoms with van der Waals surface area (Å²) in [5.74, 6) is 0. The van der Waals surface area contributed by atoms with E-state index >= 15 is 0 Å². The molecule has 1 aromatic heterocycles. The third kappa shape index (κ3) is 2.32. The van der Waals surface area contributed by atoms with Crippen LogP contribution in [-0.2, 0) is 14.2 Å². The molecule has 0 bridgehead atoms. The van der Waals surface area contributed by atoms with Gasteiger partial charge in [-0.25, -0.2) is 0 Å². The first kappa shape index (κ1) is 14.8. The molecule has 2 aliphatic heterocycles. The van der Waals surface area contributed by atoms with Gasteiger partial charge in [0, 0.05) is 31.4 Å². The molecule has 0 aromatic carbocycles. The minimum atomic E-state index is -0.648. The minimum Gasteiger partial charge on any atom is -0.456 e. The Balaban J connectivity index is 1.96. The number of methoxy groups -OCH3 is 2. The van der Waals surface area contributed by atoms with Gasteiger partial charge in [-0.15, -0.1) is 0 Å². The lowest BCUT2D eigenvalue weighted by Crippen LogP contribution is -2.40. The number of azide groups is 1. The molecule has 3 heterocycles. The first-order valence-electron chi connectivity index (χ1n) is 6.67. The third-order valence-electron chi connectivity index (χ3n) is 3.80. The third-order valence-corrected chi connectivity index (χ3v) is 3.80. The molecule has 10 heteroatoms. The van der Waals surface area contributed by atoms with Gasteiger partial charge in [-0.3, -0.25) is 9.36 Å². The number of hydrogen-bond acceptors (Lipinski definition) is 7. The summed E-state index contributed by atoms with van der Waals surface area (Å²) in [6.45, 7) is 0.128. The van der Waals surface area contributed by atoms with Crippen LogP contribution < -0.4 is 10.3 Å². The van der Waals surface area contributed by atoms with Crippen LogP contribution in [0.25, 0.3) is 10.4 Å². The Hall–Kier alpha value is -2.13. The van der Waals surface area contributed by atoms with Crippen LogP contribution in [0.15, 0.2) is 22.2 Å². The Bertz CT molecular complexity index is 654. The molecule has 118 valence electrons. The summed E-state index contributed by atoms with van der Waals surface area (Å²) < 4.78 is 23.9. The van der Waals surface area contributed by atoms with Crippen LogP contribution in [0.3, 0.4) is 0 Å². The van der Waals surface area contributed by atoms with Crippen molar-refractivity contribution in [2.45, 2.75) is 30.6 Å². The van der Waals surface area contributed by atoms with Crippen molar-refractivity contribution in [3.05, 3.63) is 33.1 Å². The monoisotopic (exact) mass is 309 g/mol. The maximum atomic E-state index is 11.4. The summed E-state index contributed by atoms with van der Waals surface area (Å²) >= 11 is 0. The van der Waals surface area contributed by atoms with Gasteiger partial charge in [0.2, 0.25) is 0 Å². The number of nitrogens with zero attached hydrogens (tertiary/aromatic N) is 5. The lowest BCUT2D eigenvalue weighted by molar-refractivity contribution is -0.188. The van der Waals surface area contributed by atoms with Gasteiger partial charge in [-0.2, -0.15) is 4.98 Å². The van der Waals surface area contributed by atoms with Crippen LogP contribution in [0, 0.1) is 0 Å². The van der Waals surface area contributed by atoms with Crippen LogP contribution in [0.2, 0.25) is 0 Å². The first-order valence-corrected chi connectivity index (χ1v) is 6.67. The normalized spacial score (nSPS) is 28.9. The lowest BCUT2D eigenvalue weighted by atomic mass is 10.0. The molecule has 3 rings (SSSR count). The molecular formula is C12H15N5O5. The van der Waals surface area contributed by atoms with E-state index in [1.807, 2.05) is 0 Å². The molecular weight excluding hydrogens is 294 g/mol.